The third kappa shape index (κ3) is 4.08. The minimum Gasteiger partial charge on any atom is -0.496 e. The number of ether oxygens (including phenoxy) is 1. The first-order chi connectivity index (χ1) is 9.43. The van der Waals surface area contributed by atoms with Crippen LogP contribution in [0.25, 0.3) is 0 Å². The van der Waals surface area contributed by atoms with Gasteiger partial charge in [-0.1, -0.05) is 29.6 Å². The molecule has 0 heterocycles. The van der Waals surface area contributed by atoms with Crippen LogP contribution in [-0.4, -0.2) is 13.6 Å². The summed E-state index contributed by atoms with van der Waals surface area (Å²) in [5, 5.41) is 0. The number of aryl methyl sites for hydroxylation is 1. The summed E-state index contributed by atoms with van der Waals surface area (Å²) in [6.07, 6.45) is 4.90. The molecule has 0 amide bonds. The summed E-state index contributed by atoms with van der Waals surface area (Å²) in [6.45, 7) is -2.91. The van der Waals surface area contributed by atoms with Gasteiger partial charge in [-0.15, -0.1) is 0 Å². The van der Waals surface area contributed by atoms with Gasteiger partial charge in [0.15, 0.2) is 0 Å². The molecule has 1 aromatic carbocycles. The van der Waals surface area contributed by atoms with Crippen molar-refractivity contribution in [2.45, 2.75) is 32.6 Å². The second kappa shape index (κ2) is 6.95. The molecule has 6 heteroatoms. The predicted octanol–water partition coefficient (Wildman–Crippen LogP) is 0.868. The van der Waals surface area contributed by atoms with Crippen LogP contribution in [0.4, 0.5) is 12.9 Å². The first-order valence-electron chi connectivity index (χ1n) is 7.37. The molecular weight excluding hydrogens is 303 g/mol. The van der Waals surface area contributed by atoms with Crippen molar-refractivity contribution in [1.82, 2.24) is 0 Å². The van der Waals surface area contributed by atoms with E-state index in [1.165, 1.54) is 31.4 Å². The molecule has 0 aromatic heterocycles. The normalized spacial score (nSPS) is 27.5. The number of fused-ring (bicyclic) bond motifs is 2. The van der Waals surface area contributed by atoms with Crippen LogP contribution in [-0.2, 0) is 0 Å². The van der Waals surface area contributed by atoms with Gasteiger partial charge in [-0.3, -0.25) is 0 Å². The Morgan fingerprint density at radius 1 is 1.19 bits per heavy atom. The average Bonchev–Trinajstić information content (AvgIpc) is 2.98. The van der Waals surface area contributed by atoms with E-state index in [9.17, 15) is 12.9 Å². The molecule has 3 rings (SSSR count). The zero-order valence-corrected chi connectivity index (χ0v) is 15.7. The van der Waals surface area contributed by atoms with Gasteiger partial charge in [-0.25, -0.2) is 0 Å². The second-order valence-electron chi connectivity index (χ2n) is 6.36. The van der Waals surface area contributed by atoms with Gasteiger partial charge in [0.1, 0.15) is 0 Å². The molecule has 0 N–H and O–H groups in total. The van der Waals surface area contributed by atoms with E-state index in [0.717, 1.165) is 12.3 Å². The molecule has 3 unspecified atom stereocenters. The smallest absolute Gasteiger partial charge is 0.496 e. The fraction of sp³-hybridized carbons (Fsp3) is 0.600. The van der Waals surface area contributed by atoms with E-state index in [1.807, 2.05) is 0 Å². The number of hydrogen-bond donors (Lipinski definition) is 0. The van der Waals surface area contributed by atoms with Crippen LogP contribution in [0.15, 0.2) is 18.2 Å². The largest absolute Gasteiger partial charge is 1.00 e. The third-order valence-corrected chi connectivity index (χ3v) is 4.86. The summed E-state index contributed by atoms with van der Waals surface area (Å²) in [6, 6.07) is 4.34. The van der Waals surface area contributed by atoms with Gasteiger partial charge in [-0.05, 0) is 50.0 Å². The van der Waals surface area contributed by atoms with E-state index in [2.05, 4.69) is 0 Å². The van der Waals surface area contributed by atoms with Crippen molar-refractivity contribution in [1.29, 1.82) is 0 Å². The SMILES string of the molecule is Cc1ccc(OCC2CC3CCC2C3)c([B-](F)(F)F)c1.[K+]. The summed E-state index contributed by atoms with van der Waals surface area (Å²) in [5.74, 6) is 1.91. The van der Waals surface area contributed by atoms with Gasteiger partial charge in [0, 0.05) is 0 Å². The standard InChI is InChI=1S/C15H19BF3O.K/c1-10-2-5-15(14(6-10)16(17,18)19)20-9-13-8-11-3-4-12(13)7-11;/h2,5-6,11-13H,3-4,7-9H2,1H3;/q-1;+1. The molecule has 0 radical (unpaired) electrons. The topological polar surface area (TPSA) is 9.23 Å². The summed E-state index contributed by atoms with van der Waals surface area (Å²) in [4.78, 5) is 0. The molecule has 2 aliphatic carbocycles. The van der Waals surface area contributed by atoms with E-state index in [1.54, 1.807) is 13.0 Å². The molecule has 2 fully saturated rings. The number of halogens is 3. The number of rotatable bonds is 4. The molecule has 21 heavy (non-hydrogen) atoms. The van der Waals surface area contributed by atoms with Crippen molar-refractivity contribution in [2.24, 2.45) is 17.8 Å². The Morgan fingerprint density at radius 3 is 2.52 bits per heavy atom. The second-order valence-corrected chi connectivity index (χ2v) is 6.36. The predicted molar refractivity (Wildman–Crippen MR) is 74.3 cm³/mol. The first-order valence-corrected chi connectivity index (χ1v) is 7.37. The van der Waals surface area contributed by atoms with Crippen LogP contribution in [0.1, 0.15) is 31.2 Å². The van der Waals surface area contributed by atoms with Gasteiger partial charge in [0.2, 0.25) is 0 Å². The van der Waals surface area contributed by atoms with Gasteiger partial charge >= 0.3 is 58.4 Å². The van der Waals surface area contributed by atoms with Gasteiger partial charge in [-0.2, -0.15) is 0 Å². The average molecular weight is 322 g/mol. The molecule has 110 valence electrons. The monoisotopic (exact) mass is 322 g/mol. The zero-order valence-electron chi connectivity index (χ0n) is 12.6. The van der Waals surface area contributed by atoms with E-state index < -0.39 is 12.4 Å². The Morgan fingerprint density at radius 2 is 1.95 bits per heavy atom. The van der Waals surface area contributed by atoms with Crippen LogP contribution < -0.4 is 61.6 Å². The third-order valence-electron chi connectivity index (χ3n) is 4.86. The summed E-state index contributed by atoms with van der Waals surface area (Å²) < 4.78 is 44.7. The van der Waals surface area contributed by atoms with Crippen LogP contribution in [0, 0.1) is 24.7 Å². The van der Waals surface area contributed by atoms with Crippen LogP contribution in [0.3, 0.4) is 0 Å². The molecule has 2 saturated carbocycles. The Balaban J connectivity index is 0.00000161. The van der Waals surface area contributed by atoms with E-state index >= 15 is 0 Å². The molecule has 2 aliphatic rings. The maximum Gasteiger partial charge on any atom is 1.00 e. The first kappa shape index (κ1) is 17.9. The van der Waals surface area contributed by atoms with Gasteiger partial charge in [0.25, 0.3) is 0 Å². The molecule has 2 bridgehead atoms. The van der Waals surface area contributed by atoms with Crippen molar-refractivity contribution in [3.05, 3.63) is 23.8 Å². The minimum absolute atomic E-state index is 0. The van der Waals surface area contributed by atoms with Crippen molar-refractivity contribution in [3.8, 4) is 5.75 Å². The number of benzene rings is 1. The van der Waals surface area contributed by atoms with Crippen LogP contribution in [0.2, 0.25) is 0 Å². The van der Waals surface area contributed by atoms with E-state index in [-0.39, 0.29) is 57.1 Å². The zero-order chi connectivity index (χ0) is 14.3. The fourth-order valence-corrected chi connectivity index (χ4v) is 3.83. The molecule has 3 atom stereocenters. The van der Waals surface area contributed by atoms with Gasteiger partial charge in [0.05, 0.1) is 12.4 Å². The summed E-state index contributed by atoms with van der Waals surface area (Å²) >= 11 is 0. The van der Waals surface area contributed by atoms with Crippen molar-refractivity contribution < 1.29 is 69.1 Å². The molecular formula is C15H19BF3KO. The maximum absolute atomic E-state index is 13.1. The van der Waals surface area contributed by atoms with E-state index in [0.29, 0.717) is 24.0 Å². The molecule has 0 saturated heterocycles. The Hall–Kier alpha value is 0.511. The molecule has 0 spiro atoms. The summed E-state index contributed by atoms with van der Waals surface area (Å²) in [5.41, 5.74) is 0.0274. The van der Waals surface area contributed by atoms with Crippen molar-refractivity contribution >= 4 is 12.4 Å². The fourth-order valence-electron chi connectivity index (χ4n) is 3.83. The molecule has 0 aliphatic heterocycles. The maximum atomic E-state index is 13.1. The van der Waals surface area contributed by atoms with Crippen LogP contribution in [0.5, 0.6) is 5.75 Å². The van der Waals surface area contributed by atoms with Crippen LogP contribution >= 0.6 is 0 Å². The number of hydrogen-bond acceptors (Lipinski definition) is 1. The minimum atomic E-state index is -5.02. The van der Waals surface area contributed by atoms with E-state index in [4.69, 9.17) is 4.74 Å². The van der Waals surface area contributed by atoms with Crippen molar-refractivity contribution in [3.63, 3.8) is 0 Å². The van der Waals surface area contributed by atoms with Gasteiger partial charge < -0.3 is 17.7 Å². The van der Waals surface area contributed by atoms with Crippen molar-refractivity contribution in [2.75, 3.05) is 6.61 Å². The Kier molecular flexibility index (Phi) is 5.91. The summed E-state index contributed by atoms with van der Waals surface area (Å²) in [7, 11) is 0. The molecule has 1 nitrogen and oxygen atoms in total. The molecule has 1 aromatic rings. The Bertz CT molecular complexity index is 506. The Labute approximate surface area is 166 Å². The quantitative estimate of drug-likeness (QED) is 0.748.